The van der Waals surface area contributed by atoms with Crippen molar-refractivity contribution in [1.29, 1.82) is 0 Å². The largest absolute Gasteiger partial charge is 0.450 e. The van der Waals surface area contributed by atoms with Crippen LogP contribution in [0.25, 0.3) is 0 Å². The second-order valence-corrected chi connectivity index (χ2v) is 7.17. The number of hydrogen-bond donors (Lipinski definition) is 1. The van der Waals surface area contributed by atoms with Crippen molar-refractivity contribution in [1.82, 2.24) is 4.31 Å². The number of aliphatic hydroxyl groups excluding tert-OH is 1. The molecule has 21 heavy (non-hydrogen) atoms. The summed E-state index contributed by atoms with van der Waals surface area (Å²) < 4.78 is 37.4. The molecule has 8 heteroatoms. The molecule has 0 spiro atoms. The van der Waals surface area contributed by atoms with Gasteiger partial charge in [0.1, 0.15) is 17.3 Å². The maximum Gasteiger partial charge on any atom is 0.247 e. The Balaban J connectivity index is 3.21. The maximum absolute atomic E-state index is 12.8. The Kier molecular flexibility index (Phi) is 7.35. The monoisotopic (exact) mass is 383 g/mol. The van der Waals surface area contributed by atoms with Crippen molar-refractivity contribution in [2.45, 2.75) is 44.2 Å². The fourth-order valence-corrected chi connectivity index (χ4v) is 4.87. The Hall–Kier alpha value is -0.410. The van der Waals surface area contributed by atoms with Crippen LogP contribution in [0.3, 0.4) is 0 Å². The minimum absolute atomic E-state index is 0.0366. The molecule has 0 amide bonds. The van der Waals surface area contributed by atoms with Gasteiger partial charge in [0, 0.05) is 25.8 Å². The number of nitrogens with zero attached hydrogens (tertiary/aromatic N) is 1. The fraction of sp³-hybridized carbons (Fsp3) is 0.692. The van der Waals surface area contributed by atoms with Crippen LogP contribution in [0.2, 0.25) is 0 Å². The van der Waals surface area contributed by atoms with E-state index in [4.69, 9.17) is 14.3 Å². The molecular weight excluding hydrogens is 362 g/mol. The van der Waals surface area contributed by atoms with Crippen LogP contribution in [0.1, 0.15) is 32.4 Å². The van der Waals surface area contributed by atoms with E-state index in [-0.39, 0.29) is 34.5 Å². The number of sulfonamides is 1. The molecule has 122 valence electrons. The molecule has 6 nitrogen and oxygen atoms in total. The molecule has 0 aliphatic rings. The predicted molar refractivity (Wildman–Crippen MR) is 82.5 cm³/mol. The number of rotatable bonds is 9. The molecule has 0 unspecified atom stereocenters. The van der Waals surface area contributed by atoms with Gasteiger partial charge in [-0.1, -0.05) is 13.8 Å². The minimum atomic E-state index is -3.72. The predicted octanol–water partition coefficient (Wildman–Crippen LogP) is 2.36. The normalized spacial score (nSPS) is 12.5. The van der Waals surface area contributed by atoms with E-state index in [1.165, 1.54) is 17.5 Å². The summed E-state index contributed by atoms with van der Waals surface area (Å²) >= 11 is 3.11. The van der Waals surface area contributed by atoms with E-state index in [1.54, 1.807) is 0 Å². The smallest absolute Gasteiger partial charge is 0.247 e. The van der Waals surface area contributed by atoms with Crippen LogP contribution in [0.15, 0.2) is 20.0 Å². The van der Waals surface area contributed by atoms with Crippen molar-refractivity contribution in [3.63, 3.8) is 0 Å². The van der Waals surface area contributed by atoms with E-state index in [0.717, 1.165) is 0 Å². The summed E-state index contributed by atoms with van der Waals surface area (Å²) in [6.45, 7) is 4.15. The van der Waals surface area contributed by atoms with E-state index in [9.17, 15) is 8.42 Å². The lowest BCUT2D eigenvalue weighted by atomic mass is 10.2. The van der Waals surface area contributed by atoms with Crippen molar-refractivity contribution >= 4 is 26.0 Å². The molecule has 1 aromatic heterocycles. The Morgan fingerprint density at radius 1 is 1.43 bits per heavy atom. The van der Waals surface area contributed by atoms with Gasteiger partial charge in [0.05, 0.1) is 6.61 Å². The lowest BCUT2D eigenvalue weighted by molar-refractivity contribution is 0.163. The van der Waals surface area contributed by atoms with Gasteiger partial charge in [-0.3, -0.25) is 0 Å². The number of furan rings is 1. The van der Waals surface area contributed by atoms with E-state index < -0.39 is 10.0 Å². The lowest BCUT2D eigenvalue weighted by Crippen LogP contribution is -2.41. The lowest BCUT2D eigenvalue weighted by Gasteiger charge is -2.29. The van der Waals surface area contributed by atoms with Crippen LogP contribution in [-0.2, 0) is 21.4 Å². The third kappa shape index (κ3) is 4.29. The van der Waals surface area contributed by atoms with Gasteiger partial charge in [0.2, 0.25) is 10.0 Å². The van der Waals surface area contributed by atoms with Crippen molar-refractivity contribution in [3.8, 4) is 0 Å². The van der Waals surface area contributed by atoms with Gasteiger partial charge in [-0.25, -0.2) is 8.42 Å². The number of methoxy groups -OCH3 is 1. The SMILES string of the molecule is CCC(CC)N(CCOC)S(=O)(=O)c1cc(CO)oc1Br. The Bertz CT molecular complexity index is 539. The highest BCUT2D eigenvalue weighted by Gasteiger charge is 2.33. The molecule has 1 N–H and O–H groups in total. The maximum atomic E-state index is 12.8. The van der Waals surface area contributed by atoms with E-state index >= 15 is 0 Å². The zero-order valence-corrected chi connectivity index (χ0v) is 14.9. The number of ether oxygens (including phenoxy) is 1. The van der Waals surface area contributed by atoms with Gasteiger partial charge >= 0.3 is 0 Å². The zero-order valence-electron chi connectivity index (χ0n) is 12.5. The minimum Gasteiger partial charge on any atom is -0.450 e. The molecule has 0 aromatic carbocycles. The van der Waals surface area contributed by atoms with Gasteiger partial charge in [0.15, 0.2) is 4.67 Å². The molecule has 0 atom stereocenters. The number of aliphatic hydroxyl groups is 1. The van der Waals surface area contributed by atoms with Gasteiger partial charge in [-0.15, -0.1) is 0 Å². The van der Waals surface area contributed by atoms with Crippen LogP contribution in [-0.4, -0.2) is 44.1 Å². The molecular formula is C13H22BrNO5S. The first kappa shape index (κ1) is 18.6. The molecule has 0 radical (unpaired) electrons. The van der Waals surface area contributed by atoms with Crippen molar-refractivity contribution in [2.24, 2.45) is 0 Å². The second-order valence-electron chi connectivity index (χ2n) is 4.59. The molecule has 0 aliphatic heterocycles. The average molecular weight is 384 g/mol. The zero-order chi connectivity index (χ0) is 16.0. The Morgan fingerprint density at radius 2 is 2.05 bits per heavy atom. The van der Waals surface area contributed by atoms with Crippen molar-refractivity contribution in [2.75, 3.05) is 20.3 Å². The molecule has 0 saturated heterocycles. The van der Waals surface area contributed by atoms with E-state index in [2.05, 4.69) is 15.9 Å². The summed E-state index contributed by atoms with van der Waals surface area (Å²) in [6, 6.07) is 1.24. The fourth-order valence-electron chi connectivity index (χ4n) is 2.15. The van der Waals surface area contributed by atoms with Crippen molar-refractivity contribution in [3.05, 3.63) is 16.5 Å². The summed E-state index contributed by atoms with van der Waals surface area (Å²) in [6.07, 6.45) is 1.42. The first-order chi connectivity index (χ1) is 9.92. The van der Waals surface area contributed by atoms with Crippen molar-refractivity contribution < 1.29 is 22.7 Å². The standard InChI is InChI=1S/C13H22BrNO5S/c1-4-10(5-2)15(6-7-19-3)21(17,18)12-8-11(9-16)20-13(12)14/h8,10,16H,4-7,9H2,1-3H3. The first-order valence-corrected chi connectivity index (χ1v) is 9.05. The first-order valence-electron chi connectivity index (χ1n) is 6.82. The summed E-state index contributed by atoms with van der Waals surface area (Å²) in [5.74, 6) is 0.205. The molecule has 0 saturated carbocycles. The quantitative estimate of drug-likeness (QED) is 0.707. The third-order valence-corrected chi connectivity index (χ3v) is 6.12. The topological polar surface area (TPSA) is 80.0 Å². The average Bonchev–Trinajstić information content (AvgIpc) is 2.85. The van der Waals surface area contributed by atoms with Crippen LogP contribution in [0, 0.1) is 0 Å². The molecule has 1 heterocycles. The Morgan fingerprint density at radius 3 is 2.48 bits per heavy atom. The van der Waals surface area contributed by atoms with E-state index in [1.807, 2.05) is 13.8 Å². The van der Waals surface area contributed by atoms with Crippen LogP contribution >= 0.6 is 15.9 Å². The Labute approximate surface area is 134 Å². The molecule has 1 rings (SSSR count). The van der Waals surface area contributed by atoms with Gasteiger partial charge < -0.3 is 14.3 Å². The molecule has 1 aromatic rings. The number of hydrogen-bond acceptors (Lipinski definition) is 5. The third-order valence-electron chi connectivity index (χ3n) is 3.31. The van der Waals surface area contributed by atoms with Crippen LogP contribution in [0.4, 0.5) is 0 Å². The van der Waals surface area contributed by atoms with Crippen LogP contribution in [0.5, 0.6) is 0 Å². The molecule has 0 aliphatic carbocycles. The second kappa shape index (κ2) is 8.28. The summed E-state index contributed by atoms with van der Waals surface area (Å²) in [5, 5.41) is 9.08. The highest BCUT2D eigenvalue weighted by Crippen LogP contribution is 2.30. The van der Waals surface area contributed by atoms with Gasteiger partial charge in [-0.2, -0.15) is 4.31 Å². The summed E-state index contributed by atoms with van der Waals surface area (Å²) in [4.78, 5) is 0.0366. The molecule has 0 fully saturated rings. The molecule has 0 bridgehead atoms. The van der Waals surface area contributed by atoms with Crippen LogP contribution < -0.4 is 0 Å². The van der Waals surface area contributed by atoms with E-state index in [0.29, 0.717) is 19.4 Å². The summed E-state index contributed by atoms with van der Waals surface area (Å²) in [5.41, 5.74) is 0. The number of halogens is 1. The highest BCUT2D eigenvalue weighted by molar-refractivity contribution is 9.10. The highest BCUT2D eigenvalue weighted by atomic mass is 79.9. The van der Waals surface area contributed by atoms with Gasteiger partial charge in [0.25, 0.3) is 0 Å². The summed E-state index contributed by atoms with van der Waals surface area (Å²) in [7, 11) is -2.18. The van der Waals surface area contributed by atoms with Gasteiger partial charge in [-0.05, 0) is 28.8 Å².